The molecular formula is C20H20N2O5S. The highest BCUT2D eigenvalue weighted by Crippen LogP contribution is 2.32. The molecule has 146 valence electrons. The molecule has 0 spiro atoms. The van der Waals surface area contributed by atoms with Gasteiger partial charge in [0, 0.05) is 13.7 Å². The summed E-state index contributed by atoms with van der Waals surface area (Å²) in [7, 11) is 3.29. The maximum absolute atomic E-state index is 12.6. The van der Waals surface area contributed by atoms with Crippen molar-refractivity contribution in [3.8, 4) is 17.2 Å². The van der Waals surface area contributed by atoms with E-state index in [2.05, 4.69) is 4.99 Å². The van der Waals surface area contributed by atoms with Gasteiger partial charge >= 0.3 is 0 Å². The lowest BCUT2D eigenvalue weighted by atomic mass is 10.1. The maximum Gasteiger partial charge on any atom is 0.252 e. The number of thiazole rings is 1. The SMILES string of the molecule is COCCn1c(=NC(=O)Cc2ccc3c(c2)OCO3)sc2cc(OC)ccc21. The Hall–Kier alpha value is -2.84. The quantitative estimate of drug-likeness (QED) is 0.636. The fourth-order valence-electron chi connectivity index (χ4n) is 3.04. The first-order valence-corrected chi connectivity index (χ1v) is 9.62. The molecule has 7 nitrogen and oxygen atoms in total. The molecule has 0 atom stereocenters. The van der Waals surface area contributed by atoms with E-state index < -0.39 is 0 Å². The van der Waals surface area contributed by atoms with Crippen molar-refractivity contribution in [1.82, 2.24) is 4.57 Å². The van der Waals surface area contributed by atoms with Crippen LogP contribution in [0.3, 0.4) is 0 Å². The smallest absolute Gasteiger partial charge is 0.252 e. The van der Waals surface area contributed by atoms with Crippen molar-refractivity contribution in [1.29, 1.82) is 0 Å². The summed E-state index contributed by atoms with van der Waals surface area (Å²) in [5.41, 5.74) is 1.83. The van der Waals surface area contributed by atoms with Gasteiger partial charge < -0.3 is 23.5 Å². The second kappa shape index (κ2) is 8.04. The highest BCUT2D eigenvalue weighted by atomic mass is 32.1. The highest BCUT2D eigenvalue weighted by molar-refractivity contribution is 7.16. The number of fused-ring (bicyclic) bond motifs is 2. The lowest BCUT2D eigenvalue weighted by Gasteiger charge is -2.05. The van der Waals surface area contributed by atoms with Crippen LogP contribution in [0.15, 0.2) is 41.4 Å². The number of benzene rings is 2. The number of amides is 1. The normalized spacial score (nSPS) is 13.3. The number of ether oxygens (including phenoxy) is 4. The molecule has 0 unspecified atom stereocenters. The molecule has 28 heavy (non-hydrogen) atoms. The van der Waals surface area contributed by atoms with Gasteiger partial charge in [-0.1, -0.05) is 17.4 Å². The molecule has 0 saturated carbocycles. The minimum atomic E-state index is -0.219. The second-order valence-electron chi connectivity index (χ2n) is 6.23. The van der Waals surface area contributed by atoms with Gasteiger partial charge in [0.15, 0.2) is 16.3 Å². The van der Waals surface area contributed by atoms with E-state index in [-0.39, 0.29) is 19.1 Å². The summed E-state index contributed by atoms with van der Waals surface area (Å²) in [6.07, 6.45) is 0.193. The molecule has 2 aromatic carbocycles. The van der Waals surface area contributed by atoms with Gasteiger partial charge in [-0.05, 0) is 35.9 Å². The summed E-state index contributed by atoms with van der Waals surface area (Å²) < 4.78 is 24.2. The van der Waals surface area contributed by atoms with Gasteiger partial charge in [-0.3, -0.25) is 4.79 Å². The molecule has 0 radical (unpaired) electrons. The molecule has 0 fully saturated rings. The molecule has 1 aliphatic heterocycles. The Kier molecular flexibility index (Phi) is 5.31. The van der Waals surface area contributed by atoms with Crippen LogP contribution in [0, 0.1) is 0 Å². The molecule has 8 heteroatoms. The van der Waals surface area contributed by atoms with Crippen molar-refractivity contribution >= 4 is 27.5 Å². The minimum Gasteiger partial charge on any atom is -0.497 e. The van der Waals surface area contributed by atoms with Crippen LogP contribution in [-0.2, 0) is 22.5 Å². The van der Waals surface area contributed by atoms with E-state index in [4.69, 9.17) is 18.9 Å². The van der Waals surface area contributed by atoms with Crippen molar-refractivity contribution in [2.75, 3.05) is 27.6 Å². The third-order valence-corrected chi connectivity index (χ3v) is 5.46. The third-order valence-electron chi connectivity index (χ3n) is 4.42. The van der Waals surface area contributed by atoms with Crippen LogP contribution in [-0.4, -0.2) is 38.1 Å². The zero-order valence-corrected chi connectivity index (χ0v) is 16.5. The second-order valence-corrected chi connectivity index (χ2v) is 7.24. The monoisotopic (exact) mass is 400 g/mol. The fourth-order valence-corrected chi connectivity index (χ4v) is 4.14. The van der Waals surface area contributed by atoms with Gasteiger partial charge in [0.25, 0.3) is 5.91 Å². The van der Waals surface area contributed by atoms with Gasteiger partial charge in [0.05, 0.1) is 30.4 Å². The van der Waals surface area contributed by atoms with E-state index in [0.717, 1.165) is 21.5 Å². The van der Waals surface area contributed by atoms with E-state index in [1.165, 1.54) is 11.3 Å². The van der Waals surface area contributed by atoms with Crippen molar-refractivity contribution in [3.63, 3.8) is 0 Å². The lowest BCUT2D eigenvalue weighted by molar-refractivity contribution is -0.117. The van der Waals surface area contributed by atoms with E-state index in [1.807, 2.05) is 41.0 Å². The average molecular weight is 400 g/mol. The number of nitrogens with zero attached hydrogens (tertiary/aromatic N) is 2. The number of aromatic nitrogens is 1. The first-order chi connectivity index (χ1) is 13.7. The Morgan fingerprint density at radius 3 is 2.86 bits per heavy atom. The average Bonchev–Trinajstić information content (AvgIpc) is 3.29. The molecular weight excluding hydrogens is 380 g/mol. The van der Waals surface area contributed by atoms with Crippen molar-refractivity contribution < 1.29 is 23.7 Å². The Morgan fingerprint density at radius 2 is 2.04 bits per heavy atom. The minimum absolute atomic E-state index is 0.193. The molecule has 4 rings (SSSR count). The molecule has 1 aliphatic rings. The summed E-state index contributed by atoms with van der Waals surface area (Å²) in [5, 5.41) is 0. The molecule has 0 N–H and O–H groups in total. The van der Waals surface area contributed by atoms with Crippen molar-refractivity contribution in [2.45, 2.75) is 13.0 Å². The Balaban J connectivity index is 1.65. The van der Waals surface area contributed by atoms with Gasteiger partial charge in [0.2, 0.25) is 6.79 Å². The van der Waals surface area contributed by atoms with Gasteiger partial charge in [0.1, 0.15) is 5.75 Å². The Labute approximate surface area is 165 Å². The summed E-state index contributed by atoms with van der Waals surface area (Å²) in [6.45, 7) is 1.35. The molecule has 0 saturated heterocycles. The number of hydrogen-bond acceptors (Lipinski definition) is 6. The standard InChI is InChI=1S/C20H20N2O5S/c1-24-8-7-22-15-5-4-14(25-2)11-18(15)28-20(22)21-19(23)10-13-3-6-16-17(9-13)27-12-26-16/h3-6,9,11H,7-8,10,12H2,1-2H3. The summed E-state index contributed by atoms with van der Waals surface area (Å²) >= 11 is 1.46. The van der Waals surface area contributed by atoms with Crippen LogP contribution in [0.4, 0.5) is 0 Å². The number of rotatable bonds is 6. The number of hydrogen-bond donors (Lipinski definition) is 0. The number of carbonyl (C=O) groups excluding carboxylic acids is 1. The van der Waals surface area contributed by atoms with Crippen molar-refractivity contribution in [3.05, 3.63) is 46.8 Å². The maximum atomic E-state index is 12.6. The van der Waals surface area contributed by atoms with Crippen molar-refractivity contribution in [2.24, 2.45) is 4.99 Å². The largest absolute Gasteiger partial charge is 0.497 e. The van der Waals surface area contributed by atoms with E-state index in [9.17, 15) is 4.79 Å². The first kappa shape index (κ1) is 18.5. The topological polar surface area (TPSA) is 71.3 Å². The number of carbonyl (C=O) groups is 1. The van der Waals surface area contributed by atoms with Gasteiger partial charge in [-0.2, -0.15) is 4.99 Å². The number of methoxy groups -OCH3 is 2. The zero-order chi connectivity index (χ0) is 19.5. The van der Waals surface area contributed by atoms with Crippen LogP contribution in [0.25, 0.3) is 10.2 Å². The molecule has 1 aromatic heterocycles. The Bertz CT molecular complexity index is 1090. The molecule has 2 heterocycles. The molecule has 0 bridgehead atoms. The molecule has 3 aromatic rings. The molecule has 0 aliphatic carbocycles. The zero-order valence-electron chi connectivity index (χ0n) is 15.6. The van der Waals surface area contributed by atoms with E-state index in [1.54, 1.807) is 14.2 Å². The lowest BCUT2D eigenvalue weighted by Crippen LogP contribution is -2.19. The predicted molar refractivity (Wildman–Crippen MR) is 105 cm³/mol. The van der Waals surface area contributed by atoms with Crippen LogP contribution in [0.5, 0.6) is 17.2 Å². The highest BCUT2D eigenvalue weighted by Gasteiger charge is 2.15. The third kappa shape index (κ3) is 3.74. The van der Waals surface area contributed by atoms with Crippen LogP contribution in [0.1, 0.15) is 5.56 Å². The fraction of sp³-hybridized carbons (Fsp3) is 0.300. The van der Waals surface area contributed by atoms with Crippen LogP contribution >= 0.6 is 11.3 Å². The Morgan fingerprint density at radius 1 is 1.18 bits per heavy atom. The predicted octanol–water partition coefficient (Wildman–Crippen LogP) is 2.76. The summed E-state index contributed by atoms with van der Waals surface area (Å²) in [5.74, 6) is 1.91. The van der Waals surface area contributed by atoms with Crippen LogP contribution < -0.4 is 19.0 Å². The van der Waals surface area contributed by atoms with E-state index in [0.29, 0.717) is 29.5 Å². The van der Waals surface area contributed by atoms with Gasteiger partial charge in [-0.25, -0.2) is 0 Å². The first-order valence-electron chi connectivity index (χ1n) is 8.80. The summed E-state index contributed by atoms with van der Waals surface area (Å²) in [6, 6.07) is 11.3. The van der Waals surface area contributed by atoms with E-state index >= 15 is 0 Å². The van der Waals surface area contributed by atoms with Crippen LogP contribution in [0.2, 0.25) is 0 Å². The molecule has 1 amide bonds. The van der Waals surface area contributed by atoms with Gasteiger partial charge in [-0.15, -0.1) is 0 Å². The summed E-state index contributed by atoms with van der Waals surface area (Å²) in [4.78, 5) is 17.6.